The van der Waals surface area contributed by atoms with Gasteiger partial charge in [-0.25, -0.2) is 4.79 Å². The summed E-state index contributed by atoms with van der Waals surface area (Å²) in [4.78, 5) is 30.9. The maximum atomic E-state index is 13.7. The van der Waals surface area contributed by atoms with E-state index in [1.807, 2.05) is 28.0 Å². The van der Waals surface area contributed by atoms with E-state index in [1.54, 1.807) is 12.1 Å². The number of alkyl halides is 6. The number of likely N-dealkylation sites (N-methyl/N-ethyl adjacent to an activating group) is 1. The second-order valence-electron chi connectivity index (χ2n) is 9.93. The molecule has 0 spiro atoms. The van der Waals surface area contributed by atoms with Crippen molar-refractivity contribution >= 4 is 11.9 Å². The van der Waals surface area contributed by atoms with E-state index in [0.29, 0.717) is 51.2 Å². The lowest BCUT2D eigenvalue weighted by atomic mass is 9.97. The van der Waals surface area contributed by atoms with Gasteiger partial charge in [-0.2, -0.15) is 26.3 Å². The summed E-state index contributed by atoms with van der Waals surface area (Å²) in [7, 11) is 1.50. The smallest absolute Gasteiger partial charge is 0.344 e. The van der Waals surface area contributed by atoms with Gasteiger partial charge in [-0.1, -0.05) is 30.3 Å². The molecule has 3 amide bonds. The van der Waals surface area contributed by atoms with Crippen molar-refractivity contribution in [3.8, 4) is 0 Å². The molecule has 0 radical (unpaired) electrons. The number of nitrogens with zero attached hydrogens (tertiary/aromatic N) is 3. The minimum Gasteiger partial charge on any atom is -0.344 e. The Labute approximate surface area is 222 Å². The average Bonchev–Trinajstić information content (AvgIpc) is 3.33. The van der Waals surface area contributed by atoms with E-state index in [2.05, 4.69) is 5.32 Å². The van der Waals surface area contributed by atoms with E-state index in [-0.39, 0.29) is 42.6 Å². The first kappa shape index (κ1) is 28.7. The van der Waals surface area contributed by atoms with Crippen molar-refractivity contribution in [3.05, 3.63) is 70.8 Å². The topological polar surface area (TPSA) is 55.9 Å². The summed E-state index contributed by atoms with van der Waals surface area (Å²) < 4.78 is 79.5. The number of urea groups is 1. The molecule has 0 unspecified atom stereocenters. The Hall–Kier alpha value is -3.28. The highest BCUT2D eigenvalue weighted by Gasteiger charge is 2.38. The highest BCUT2D eigenvalue weighted by atomic mass is 19.4. The van der Waals surface area contributed by atoms with E-state index in [0.717, 1.165) is 5.56 Å². The Morgan fingerprint density at radius 3 is 2.08 bits per heavy atom. The summed E-state index contributed by atoms with van der Waals surface area (Å²) >= 11 is 0. The fourth-order valence-electron chi connectivity index (χ4n) is 5.21. The summed E-state index contributed by atoms with van der Waals surface area (Å²) in [5.74, 6) is -0.304. The number of hydrogen-bond acceptors (Lipinski definition) is 3. The zero-order valence-electron chi connectivity index (χ0n) is 21.4. The number of benzene rings is 2. The van der Waals surface area contributed by atoms with Crippen LogP contribution in [0.15, 0.2) is 48.5 Å². The van der Waals surface area contributed by atoms with E-state index < -0.39 is 29.5 Å². The molecule has 0 saturated carbocycles. The molecule has 2 aliphatic rings. The van der Waals surface area contributed by atoms with Crippen LogP contribution < -0.4 is 5.32 Å². The largest absolute Gasteiger partial charge is 0.416 e. The molecule has 2 heterocycles. The van der Waals surface area contributed by atoms with Crippen LogP contribution in [0.1, 0.15) is 41.1 Å². The molecule has 6 nitrogen and oxygen atoms in total. The van der Waals surface area contributed by atoms with Crippen molar-refractivity contribution in [2.45, 2.75) is 43.7 Å². The van der Waals surface area contributed by atoms with Crippen LogP contribution in [0.3, 0.4) is 0 Å². The molecule has 39 heavy (non-hydrogen) atoms. The molecule has 2 fully saturated rings. The molecule has 2 aromatic carbocycles. The summed E-state index contributed by atoms with van der Waals surface area (Å²) in [6.45, 7) is 2.28. The van der Waals surface area contributed by atoms with Gasteiger partial charge in [0.05, 0.1) is 11.1 Å². The van der Waals surface area contributed by atoms with Crippen LogP contribution in [-0.2, 0) is 23.6 Å². The first-order valence-corrected chi connectivity index (χ1v) is 12.7. The third-order valence-electron chi connectivity index (χ3n) is 7.30. The van der Waals surface area contributed by atoms with Gasteiger partial charge in [-0.3, -0.25) is 9.69 Å². The van der Waals surface area contributed by atoms with E-state index in [4.69, 9.17) is 0 Å². The Balaban J connectivity index is 1.48. The van der Waals surface area contributed by atoms with Gasteiger partial charge in [-0.05, 0) is 48.6 Å². The SMILES string of the molecule is CN(CCc1cc(C(F)(F)F)cc(C(F)(F)F)c1)C(=O)[C@H](c1ccccc1)N1CCC(N2CCNC2=O)CC1. The quantitative estimate of drug-likeness (QED) is 0.491. The van der Waals surface area contributed by atoms with Crippen molar-refractivity contribution < 1.29 is 35.9 Å². The van der Waals surface area contributed by atoms with Crippen molar-refractivity contribution in [1.82, 2.24) is 20.0 Å². The third kappa shape index (κ3) is 6.84. The second kappa shape index (κ2) is 11.4. The molecular weight excluding hydrogens is 526 g/mol. The molecule has 2 aliphatic heterocycles. The van der Waals surface area contributed by atoms with Crippen LogP contribution in [0.2, 0.25) is 0 Å². The Kier molecular flexibility index (Phi) is 8.43. The Bertz CT molecular complexity index is 1130. The molecule has 0 aromatic heterocycles. The fraction of sp³-hybridized carbons (Fsp3) is 0.481. The number of halogens is 6. The lowest BCUT2D eigenvalue weighted by molar-refractivity contribution is -0.143. The number of carbonyl (C=O) groups excluding carboxylic acids is 2. The summed E-state index contributed by atoms with van der Waals surface area (Å²) in [5.41, 5.74) is -2.17. The van der Waals surface area contributed by atoms with Crippen LogP contribution in [0.5, 0.6) is 0 Å². The number of piperidine rings is 1. The number of nitrogens with one attached hydrogen (secondary N) is 1. The van der Waals surface area contributed by atoms with E-state index in [9.17, 15) is 35.9 Å². The van der Waals surface area contributed by atoms with Crippen LogP contribution in [-0.4, -0.2) is 72.5 Å². The molecule has 0 aliphatic carbocycles. The van der Waals surface area contributed by atoms with Gasteiger partial charge in [0.25, 0.3) is 0 Å². The predicted molar refractivity (Wildman–Crippen MR) is 132 cm³/mol. The van der Waals surface area contributed by atoms with Crippen LogP contribution in [0.4, 0.5) is 31.1 Å². The zero-order chi connectivity index (χ0) is 28.4. The predicted octanol–water partition coefficient (Wildman–Crippen LogP) is 4.96. The van der Waals surface area contributed by atoms with Crippen molar-refractivity contribution in [2.24, 2.45) is 0 Å². The fourth-order valence-corrected chi connectivity index (χ4v) is 5.21. The van der Waals surface area contributed by atoms with Crippen LogP contribution >= 0.6 is 0 Å². The summed E-state index contributed by atoms with van der Waals surface area (Å²) in [6, 6.07) is 9.86. The van der Waals surface area contributed by atoms with Gasteiger partial charge in [0.15, 0.2) is 0 Å². The van der Waals surface area contributed by atoms with E-state index >= 15 is 0 Å². The number of carbonyl (C=O) groups is 2. The molecule has 1 atom stereocenters. The summed E-state index contributed by atoms with van der Waals surface area (Å²) in [6.07, 6.45) is -8.69. The van der Waals surface area contributed by atoms with Gasteiger partial charge in [0, 0.05) is 45.8 Å². The first-order valence-electron chi connectivity index (χ1n) is 12.7. The number of rotatable bonds is 7. The minimum atomic E-state index is -4.93. The number of amides is 3. The first-order chi connectivity index (χ1) is 18.3. The van der Waals surface area contributed by atoms with E-state index in [1.165, 1.54) is 11.9 Å². The molecule has 212 valence electrons. The second-order valence-corrected chi connectivity index (χ2v) is 9.93. The van der Waals surface area contributed by atoms with Gasteiger partial charge in [0.1, 0.15) is 6.04 Å². The average molecular weight is 557 g/mol. The maximum absolute atomic E-state index is 13.7. The number of hydrogen-bond donors (Lipinski definition) is 1. The molecule has 2 saturated heterocycles. The Morgan fingerprint density at radius 1 is 0.974 bits per heavy atom. The van der Waals surface area contributed by atoms with Crippen molar-refractivity contribution in [2.75, 3.05) is 39.8 Å². The molecular formula is C27H30F6N4O2. The normalized spacial score (nSPS) is 18.2. The van der Waals surface area contributed by atoms with Gasteiger partial charge in [0.2, 0.25) is 5.91 Å². The zero-order valence-corrected chi connectivity index (χ0v) is 21.4. The monoisotopic (exact) mass is 556 g/mol. The third-order valence-corrected chi connectivity index (χ3v) is 7.30. The highest BCUT2D eigenvalue weighted by molar-refractivity contribution is 5.83. The van der Waals surface area contributed by atoms with Crippen LogP contribution in [0, 0.1) is 0 Å². The van der Waals surface area contributed by atoms with Gasteiger partial charge < -0.3 is 15.1 Å². The molecule has 1 N–H and O–H groups in total. The standard InChI is InChI=1S/C27H30F6N4O2/c1-35(11-7-18-15-20(26(28,29)30)17-21(16-18)27(31,32)33)24(38)23(19-5-3-2-4-6-19)36-12-8-22(9-13-36)37-14-10-34-25(37)39/h2-6,15-17,22-23H,7-14H2,1H3,(H,34,39)/t23-/m0/s1. The molecule has 2 aromatic rings. The molecule has 4 rings (SSSR count). The lowest BCUT2D eigenvalue weighted by Crippen LogP contribution is -2.50. The van der Waals surface area contributed by atoms with Crippen molar-refractivity contribution in [1.29, 1.82) is 0 Å². The number of likely N-dealkylation sites (tertiary alicyclic amines) is 1. The lowest BCUT2D eigenvalue weighted by Gasteiger charge is -2.40. The van der Waals surface area contributed by atoms with Gasteiger partial charge >= 0.3 is 18.4 Å². The van der Waals surface area contributed by atoms with Gasteiger partial charge in [-0.15, -0.1) is 0 Å². The molecule has 12 heteroatoms. The highest BCUT2D eigenvalue weighted by Crippen LogP contribution is 2.36. The maximum Gasteiger partial charge on any atom is 0.416 e. The minimum absolute atomic E-state index is 0.0643. The van der Waals surface area contributed by atoms with Crippen molar-refractivity contribution in [3.63, 3.8) is 0 Å². The summed E-state index contributed by atoms with van der Waals surface area (Å²) in [5, 5.41) is 2.80. The van der Waals surface area contributed by atoms with Crippen LogP contribution in [0.25, 0.3) is 0 Å². The molecule has 0 bridgehead atoms. The Morgan fingerprint density at radius 2 is 1.56 bits per heavy atom.